The molecule has 0 aliphatic rings. The van der Waals surface area contributed by atoms with Gasteiger partial charge in [-0.25, -0.2) is 4.39 Å². The van der Waals surface area contributed by atoms with Crippen molar-refractivity contribution in [2.45, 2.75) is 19.4 Å². The summed E-state index contributed by atoms with van der Waals surface area (Å²) in [6.45, 7) is 1.80. The maximum atomic E-state index is 12.5. The Hall–Kier alpha value is -1.56. The summed E-state index contributed by atoms with van der Waals surface area (Å²) >= 11 is 0. The fourth-order valence-corrected chi connectivity index (χ4v) is 0.916. The minimum Gasteiger partial charge on any atom is -0.490 e. The number of nitrogens with zero attached hydrogens (tertiary/aromatic N) is 1. The standard InChI is InChI=1S/C10H10FNO/c1-8(6-7-12)13-10-4-2-9(11)3-5-10/h2-5,8H,6H2,1H3. The van der Waals surface area contributed by atoms with Crippen molar-refractivity contribution in [3.63, 3.8) is 0 Å². The van der Waals surface area contributed by atoms with Crippen molar-refractivity contribution in [2.24, 2.45) is 0 Å². The fourth-order valence-electron chi connectivity index (χ4n) is 0.916. The van der Waals surface area contributed by atoms with Gasteiger partial charge in [0.05, 0.1) is 12.5 Å². The molecule has 1 atom stereocenters. The first-order chi connectivity index (χ1) is 6.22. The lowest BCUT2D eigenvalue weighted by Crippen LogP contribution is -2.10. The summed E-state index contributed by atoms with van der Waals surface area (Å²) in [6.07, 6.45) is 0.174. The normalized spacial score (nSPS) is 11.8. The smallest absolute Gasteiger partial charge is 0.123 e. The third-order valence-corrected chi connectivity index (χ3v) is 1.53. The number of ether oxygens (including phenoxy) is 1. The number of nitriles is 1. The van der Waals surface area contributed by atoms with Crippen LogP contribution in [-0.4, -0.2) is 6.10 Å². The lowest BCUT2D eigenvalue weighted by molar-refractivity contribution is 0.227. The summed E-state index contributed by atoms with van der Waals surface area (Å²) in [5.41, 5.74) is 0. The Labute approximate surface area is 76.6 Å². The lowest BCUT2D eigenvalue weighted by atomic mass is 10.3. The molecule has 2 nitrogen and oxygen atoms in total. The van der Waals surface area contributed by atoms with Crippen LogP contribution >= 0.6 is 0 Å². The van der Waals surface area contributed by atoms with Gasteiger partial charge in [0.2, 0.25) is 0 Å². The maximum absolute atomic E-state index is 12.5. The Morgan fingerprint density at radius 2 is 2.08 bits per heavy atom. The SMILES string of the molecule is CC(CC#N)Oc1ccc(F)cc1. The van der Waals surface area contributed by atoms with E-state index >= 15 is 0 Å². The third kappa shape index (κ3) is 3.12. The van der Waals surface area contributed by atoms with Crippen LogP contribution in [0.4, 0.5) is 4.39 Å². The van der Waals surface area contributed by atoms with Gasteiger partial charge in [0.25, 0.3) is 0 Å². The zero-order valence-electron chi connectivity index (χ0n) is 7.33. The molecule has 0 amide bonds. The molecule has 0 bridgehead atoms. The van der Waals surface area contributed by atoms with Crippen LogP contribution in [-0.2, 0) is 0 Å². The third-order valence-electron chi connectivity index (χ3n) is 1.53. The zero-order chi connectivity index (χ0) is 9.68. The van der Waals surface area contributed by atoms with Crippen molar-refractivity contribution in [1.29, 1.82) is 5.26 Å². The predicted octanol–water partition coefficient (Wildman–Crippen LogP) is 2.51. The Morgan fingerprint density at radius 3 is 2.62 bits per heavy atom. The molecule has 0 aromatic heterocycles. The predicted molar refractivity (Wildman–Crippen MR) is 46.7 cm³/mol. The summed E-state index contributed by atoms with van der Waals surface area (Å²) in [5, 5.41) is 8.37. The summed E-state index contributed by atoms with van der Waals surface area (Å²) in [5.74, 6) is 0.296. The first-order valence-electron chi connectivity index (χ1n) is 4.01. The minimum atomic E-state index is -0.291. The average Bonchev–Trinajstić information content (AvgIpc) is 2.09. The molecule has 1 aromatic carbocycles. The van der Waals surface area contributed by atoms with E-state index in [1.807, 2.05) is 6.07 Å². The highest BCUT2D eigenvalue weighted by Crippen LogP contribution is 2.13. The number of benzene rings is 1. The summed E-state index contributed by atoms with van der Waals surface area (Å²) < 4.78 is 17.8. The topological polar surface area (TPSA) is 33.0 Å². The molecule has 0 spiro atoms. The fraction of sp³-hybridized carbons (Fsp3) is 0.300. The molecule has 0 N–H and O–H groups in total. The van der Waals surface area contributed by atoms with E-state index in [1.165, 1.54) is 12.1 Å². The number of halogens is 1. The van der Waals surface area contributed by atoms with Crippen LogP contribution in [0.25, 0.3) is 0 Å². The van der Waals surface area contributed by atoms with Gasteiger partial charge in [-0.1, -0.05) is 0 Å². The first-order valence-corrected chi connectivity index (χ1v) is 4.01. The summed E-state index contributed by atoms with van der Waals surface area (Å²) in [6, 6.07) is 7.75. The van der Waals surface area contributed by atoms with Crippen molar-refractivity contribution in [1.82, 2.24) is 0 Å². The van der Waals surface area contributed by atoms with Gasteiger partial charge in [0, 0.05) is 0 Å². The van der Waals surface area contributed by atoms with Crippen molar-refractivity contribution in [3.05, 3.63) is 30.1 Å². The van der Waals surface area contributed by atoms with E-state index in [2.05, 4.69) is 0 Å². The van der Waals surface area contributed by atoms with Crippen LogP contribution in [0.3, 0.4) is 0 Å². The van der Waals surface area contributed by atoms with Gasteiger partial charge in [-0.15, -0.1) is 0 Å². The number of hydrogen-bond acceptors (Lipinski definition) is 2. The molecule has 0 fully saturated rings. The summed E-state index contributed by atoms with van der Waals surface area (Å²) in [4.78, 5) is 0. The molecular formula is C10H10FNO. The molecule has 0 saturated carbocycles. The number of hydrogen-bond donors (Lipinski definition) is 0. The highest BCUT2D eigenvalue weighted by atomic mass is 19.1. The Kier molecular flexibility index (Phi) is 3.27. The molecule has 1 unspecified atom stereocenters. The molecule has 0 heterocycles. The lowest BCUT2D eigenvalue weighted by Gasteiger charge is -2.10. The maximum Gasteiger partial charge on any atom is 0.123 e. The van der Waals surface area contributed by atoms with E-state index in [-0.39, 0.29) is 11.9 Å². The minimum absolute atomic E-state index is 0.157. The van der Waals surface area contributed by atoms with E-state index < -0.39 is 0 Å². The van der Waals surface area contributed by atoms with E-state index in [4.69, 9.17) is 10.00 Å². The van der Waals surface area contributed by atoms with Gasteiger partial charge >= 0.3 is 0 Å². The van der Waals surface area contributed by atoms with Gasteiger partial charge in [-0.3, -0.25) is 0 Å². The van der Waals surface area contributed by atoms with E-state index in [9.17, 15) is 4.39 Å². The molecular weight excluding hydrogens is 169 g/mol. The van der Waals surface area contributed by atoms with E-state index in [0.717, 1.165) is 0 Å². The molecule has 0 radical (unpaired) electrons. The van der Waals surface area contributed by atoms with Crippen LogP contribution in [0.15, 0.2) is 24.3 Å². The molecule has 3 heteroatoms. The largest absolute Gasteiger partial charge is 0.490 e. The van der Waals surface area contributed by atoms with Crippen molar-refractivity contribution in [3.8, 4) is 11.8 Å². The molecule has 0 aliphatic heterocycles. The molecule has 1 aromatic rings. The number of rotatable bonds is 3. The molecule has 68 valence electrons. The van der Waals surface area contributed by atoms with Gasteiger partial charge < -0.3 is 4.74 Å². The quantitative estimate of drug-likeness (QED) is 0.714. The molecule has 1 rings (SSSR count). The van der Waals surface area contributed by atoms with E-state index in [0.29, 0.717) is 12.2 Å². The van der Waals surface area contributed by atoms with Crippen LogP contribution in [0, 0.1) is 17.1 Å². The Morgan fingerprint density at radius 1 is 1.46 bits per heavy atom. The highest BCUT2D eigenvalue weighted by Gasteiger charge is 2.02. The Bertz CT molecular complexity index is 302. The van der Waals surface area contributed by atoms with Gasteiger partial charge in [0.1, 0.15) is 17.7 Å². The van der Waals surface area contributed by atoms with Gasteiger partial charge in [-0.2, -0.15) is 5.26 Å². The molecule has 0 saturated heterocycles. The van der Waals surface area contributed by atoms with Crippen LogP contribution in [0.2, 0.25) is 0 Å². The highest BCUT2D eigenvalue weighted by molar-refractivity contribution is 5.22. The zero-order valence-corrected chi connectivity index (χ0v) is 7.33. The Balaban J connectivity index is 2.55. The average molecular weight is 179 g/mol. The van der Waals surface area contributed by atoms with Crippen molar-refractivity contribution >= 4 is 0 Å². The monoisotopic (exact) mass is 179 g/mol. The van der Waals surface area contributed by atoms with Crippen LogP contribution in [0.1, 0.15) is 13.3 Å². The second kappa shape index (κ2) is 4.46. The summed E-state index contributed by atoms with van der Waals surface area (Å²) in [7, 11) is 0. The van der Waals surface area contributed by atoms with Crippen LogP contribution < -0.4 is 4.74 Å². The first kappa shape index (κ1) is 9.53. The van der Waals surface area contributed by atoms with Crippen molar-refractivity contribution in [2.75, 3.05) is 0 Å². The van der Waals surface area contributed by atoms with Gasteiger partial charge in [-0.05, 0) is 31.2 Å². The molecule has 13 heavy (non-hydrogen) atoms. The van der Waals surface area contributed by atoms with Crippen molar-refractivity contribution < 1.29 is 9.13 Å². The van der Waals surface area contributed by atoms with Crippen LogP contribution in [0.5, 0.6) is 5.75 Å². The van der Waals surface area contributed by atoms with Gasteiger partial charge in [0.15, 0.2) is 0 Å². The molecule has 0 aliphatic carbocycles. The second-order valence-corrected chi connectivity index (χ2v) is 2.74. The second-order valence-electron chi connectivity index (χ2n) is 2.74. The van der Waals surface area contributed by atoms with E-state index in [1.54, 1.807) is 19.1 Å².